The van der Waals surface area contributed by atoms with Crippen molar-refractivity contribution in [1.29, 1.82) is 0 Å². The Morgan fingerprint density at radius 2 is 1.67 bits per heavy atom. The average Bonchev–Trinajstić information content (AvgIpc) is 2.75. The molecule has 0 saturated heterocycles. The third kappa shape index (κ3) is 1.49. The molecule has 21 heavy (non-hydrogen) atoms. The van der Waals surface area contributed by atoms with Crippen LogP contribution in [0.15, 0.2) is 45.6 Å². The fraction of sp³-hybridized carbons (Fsp3) is 0.111. The number of aryl methyl sites for hydroxylation is 2. The first-order valence-electron chi connectivity index (χ1n) is 6.80. The standard InChI is InChI=1S/C18H12O3/c1-9-7-10(2)17-13(8-9)16(20)14-15(19)11-5-3-4-6-12(11)18(14)21-17/h3-8H,1-2H3. The van der Waals surface area contributed by atoms with E-state index in [-0.39, 0.29) is 16.8 Å². The van der Waals surface area contributed by atoms with Gasteiger partial charge in [-0.25, -0.2) is 0 Å². The molecule has 0 fully saturated rings. The van der Waals surface area contributed by atoms with Gasteiger partial charge >= 0.3 is 0 Å². The average molecular weight is 276 g/mol. The zero-order chi connectivity index (χ0) is 14.7. The lowest BCUT2D eigenvalue weighted by molar-refractivity contribution is 0.104. The molecule has 3 heteroatoms. The molecule has 1 aromatic heterocycles. The van der Waals surface area contributed by atoms with Crippen LogP contribution in [-0.2, 0) is 0 Å². The first-order chi connectivity index (χ1) is 10.1. The number of carbonyl (C=O) groups is 1. The van der Waals surface area contributed by atoms with E-state index in [4.69, 9.17) is 4.42 Å². The Labute approximate surface area is 120 Å². The number of hydrogen-bond donors (Lipinski definition) is 0. The molecule has 0 aliphatic heterocycles. The van der Waals surface area contributed by atoms with Gasteiger partial charge in [-0.1, -0.05) is 30.3 Å². The quantitative estimate of drug-likeness (QED) is 0.493. The van der Waals surface area contributed by atoms with Crippen LogP contribution < -0.4 is 5.43 Å². The van der Waals surface area contributed by atoms with Gasteiger partial charge in [0.1, 0.15) is 11.1 Å². The van der Waals surface area contributed by atoms with Gasteiger partial charge in [-0.15, -0.1) is 0 Å². The van der Waals surface area contributed by atoms with Gasteiger partial charge in [0.25, 0.3) is 0 Å². The van der Waals surface area contributed by atoms with E-state index in [1.54, 1.807) is 18.2 Å². The highest BCUT2D eigenvalue weighted by Gasteiger charge is 2.32. The van der Waals surface area contributed by atoms with Gasteiger partial charge in [0.05, 0.1) is 5.39 Å². The van der Waals surface area contributed by atoms with Gasteiger partial charge < -0.3 is 4.42 Å². The molecule has 0 amide bonds. The lowest BCUT2D eigenvalue weighted by Gasteiger charge is -2.06. The Bertz CT molecular complexity index is 993. The number of carbonyl (C=O) groups excluding carboxylic acids is 1. The monoisotopic (exact) mass is 276 g/mol. The van der Waals surface area contributed by atoms with E-state index in [2.05, 4.69) is 0 Å². The molecule has 102 valence electrons. The van der Waals surface area contributed by atoms with Gasteiger partial charge in [0, 0.05) is 11.1 Å². The van der Waals surface area contributed by atoms with Crippen molar-refractivity contribution in [3.8, 4) is 11.3 Å². The van der Waals surface area contributed by atoms with Crippen molar-refractivity contribution in [3.63, 3.8) is 0 Å². The molecule has 0 spiro atoms. The molecular weight excluding hydrogens is 264 g/mol. The minimum atomic E-state index is -0.240. The molecule has 0 radical (unpaired) electrons. The maximum atomic E-state index is 12.7. The SMILES string of the molecule is Cc1cc(C)c2oc3c(c(=O)c2c1)C(=O)c1ccccc1-3. The zero-order valence-corrected chi connectivity index (χ0v) is 11.7. The van der Waals surface area contributed by atoms with Crippen molar-refractivity contribution in [1.82, 2.24) is 0 Å². The fourth-order valence-electron chi connectivity index (χ4n) is 3.06. The molecule has 1 heterocycles. The molecule has 0 atom stereocenters. The number of rotatable bonds is 0. The van der Waals surface area contributed by atoms with Gasteiger partial charge in [0.2, 0.25) is 11.2 Å². The van der Waals surface area contributed by atoms with Gasteiger partial charge in [-0.2, -0.15) is 0 Å². The smallest absolute Gasteiger partial charge is 0.204 e. The van der Waals surface area contributed by atoms with E-state index in [1.165, 1.54) is 0 Å². The van der Waals surface area contributed by atoms with Crippen LogP contribution in [0.25, 0.3) is 22.3 Å². The Morgan fingerprint density at radius 3 is 2.43 bits per heavy atom. The van der Waals surface area contributed by atoms with E-state index in [0.29, 0.717) is 27.9 Å². The molecule has 3 nitrogen and oxygen atoms in total. The molecule has 3 aromatic rings. The van der Waals surface area contributed by atoms with Crippen LogP contribution in [0.2, 0.25) is 0 Å². The summed E-state index contributed by atoms with van der Waals surface area (Å²) in [4.78, 5) is 25.2. The largest absolute Gasteiger partial charge is 0.455 e. The Hall–Kier alpha value is -2.68. The first kappa shape index (κ1) is 12.1. The molecule has 1 aliphatic rings. The second-order valence-corrected chi connectivity index (χ2v) is 5.47. The molecule has 0 bridgehead atoms. The molecular formula is C18H12O3. The van der Waals surface area contributed by atoms with Gasteiger partial charge in [-0.3, -0.25) is 9.59 Å². The van der Waals surface area contributed by atoms with Gasteiger partial charge in [-0.05, 0) is 31.0 Å². The highest BCUT2D eigenvalue weighted by Crippen LogP contribution is 2.37. The van der Waals surface area contributed by atoms with Crippen LogP contribution in [0.4, 0.5) is 0 Å². The summed E-state index contributed by atoms with van der Waals surface area (Å²) in [7, 11) is 0. The predicted molar refractivity (Wildman–Crippen MR) is 80.8 cm³/mol. The van der Waals surface area contributed by atoms with E-state index >= 15 is 0 Å². The minimum absolute atomic E-state index is 0.161. The van der Waals surface area contributed by atoms with Crippen LogP contribution in [0.5, 0.6) is 0 Å². The molecule has 2 aromatic carbocycles. The highest BCUT2D eigenvalue weighted by molar-refractivity contribution is 6.21. The van der Waals surface area contributed by atoms with E-state index in [9.17, 15) is 9.59 Å². The first-order valence-corrected chi connectivity index (χ1v) is 6.80. The summed E-state index contributed by atoms with van der Waals surface area (Å²) in [6, 6.07) is 10.9. The Kier molecular flexibility index (Phi) is 2.25. The fourth-order valence-corrected chi connectivity index (χ4v) is 3.06. The highest BCUT2D eigenvalue weighted by atomic mass is 16.3. The zero-order valence-electron chi connectivity index (χ0n) is 11.7. The topological polar surface area (TPSA) is 47.3 Å². The van der Waals surface area contributed by atoms with Crippen molar-refractivity contribution >= 4 is 16.8 Å². The van der Waals surface area contributed by atoms with Crippen LogP contribution in [0.1, 0.15) is 27.0 Å². The van der Waals surface area contributed by atoms with Crippen molar-refractivity contribution in [2.24, 2.45) is 0 Å². The normalized spacial score (nSPS) is 12.6. The number of hydrogen-bond acceptors (Lipinski definition) is 3. The predicted octanol–water partition coefficient (Wildman–Crippen LogP) is 3.62. The van der Waals surface area contributed by atoms with Crippen molar-refractivity contribution in [3.05, 3.63) is 68.9 Å². The third-order valence-electron chi connectivity index (χ3n) is 3.97. The Balaban J connectivity index is 2.22. The summed E-state index contributed by atoms with van der Waals surface area (Å²) in [5, 5.41) is 0.479. The van der Waals surface area contributed by atoms with E-state index in [1.807, 2.05) is 32.0 Å². The molecule has 0 N–H and O–H groups in total. The maximum Gasteiger partial charge on any atom is 0.204 e. The number of ketones is 1. The lowest BCUT2D eigenvalue weighted by atomic mass is 10.0. The molecule has 4 rings (SSSR count). The Morgan fingerprint density at radius 1 is 0.952 bits per heavy atom. The van der Waals surface area contributed by atoms with E-state index < -0.39 is 0 Å². The molecule has 0 unspecified atom stereocenters. The van der Waals surface area contributed by atoms with Crippen molar-refractivity contribution < 1.29 is 9.21 Å². The maximum absolute atomic E-state index is 12.7. The summed E-state index contributed by atoms with van der Waals surface area (Å²) in [6.07, 6.45) is 0. The minimum Gasteiger partial charge on any atom is -0.455 e. The van der Waals surface area contributed by atoms with Crippen LogP contribution in [-0.4, -0.2) is 5.78 Å². The van der Waals surface area contributed by atoms with Crippen LogP contribution in [0, 0.1) is 13.8 Å². The van der Waals surface area contributed by atoms with Crippen molar-refractivity contribution in [2.45, 2.75) is 13.8 Å². The summed E-state index contributed by atoms with van der Waals surface area (Å²) in [5.41, 5.74) is 3.62. The van der Waals surface area contributed by atoms with E-state index in [0.717, 1.165) is 11.1 Å². The summed E-state index contributed by atoms with van der Waals surface area (Å²) < 4.78 is 5.95. The lowest BCUT2D eigenvalue weighted by Crippen LogP contribution is -2.13. The third-order valence-corrected chi connectivity index (χ3v) is 3.97. The molecule has 1 aliphatic carbocycles. The molecule has 0 saturated carbocycles. The summed E-state index contributed by atoms with van der Waals surface area (Å²) in [6.45, 7) is 3.84. The second-order valence-electron chi connectivity index (χ2n) is 5.47. The summed E-state index contributed by atoms with van der Waals surface area (Å²) >= 11 is 0. The summed E-state index contributed by atoms with van der Waals surface area (Å²) in [5.74, 6) is 0.162. The van der Waals surface area contributed by atoms with Gasteiger partial charge in [0.15, 0.2) is 5.76 Å². The van der Waals surface area contributed by atoms with Crippen LogP contribution in [0.3, 0.4) is 0 Å². The number of benzene rings is 2. The second kappa shape index (κ2) is 3.92. The van der Waals surface area contributed by atoms with Crippen molar-refractivity contribution in [2.75, 3.05) is 0 Å². The van der Waals surface area contributed by atoms with Crippen LogP contribution >= 0.6 is 0 Å². The number of fused-ring (bicyclic) bond motifs is 4.